The summed E-state index contributed by atoms with van der Waals surface area (Å²) in [4.78, 5) is 1.68. The maximum absolute atomic E-state index is 4.47. The first-order valence-electron chi connectivity index (χ1n) is 5.88. The highest BCUT2D eigenvalue weighted by molar-refractivity contribution is 9.10. The Morgan fingerprint density at radius 2 is 1.72 bits per heavy atom. The van der Waals surface area contributed by atoms with Crippen LogP contribution in [0, 0.1) is 0 Å². The van der Waals surface area contributed by atoms with Crippen LogP contribution in [0.5, 0.6) is 0 Å². The fraction of sp³-hybridized carbons (Fsp3) is 0.143. The Kier molecular flexibility index (Phi) is 2.88. The van der Waals surface area contributed by atoms with Crippen LogP contribution in [0.4, 0.5) is 0 Å². The normalized spacial score (nSPS) is 11.0. The molecule has 0 fully saturated rings. The van der Waals surface area contributed by atoms with E-state index >= 15 is 0 Å². The molecule has 0 bridgehead atoms. The Labute approximate surface area is 114 Å². The minimum Gasteiger partial charge on any atom is -0.150 e. The summed E-state index contributed by atoms with van der Waals surface area (Å²) in [6.07, 6.45) is 1.04. The Hall–Kier alpha value is -1.68. The summed E-state index contributed by atoms with van der Waals surface area (Å²) >= 11 is 3.44. The van der Waals surface area contributed by atoms with Gasteiger partial charge in [-0.2, -0.15) is 4.80 Å². The van der Waals surface area contributed by atoms with E-state index < -0.39 is 0 Å². The van der Waals surface area contributed by atoms with E-state index in [4.69, 9.17) is 0 Å². The van der Waals surface area contributed by atoms with E-state index in [1.54, 1.807) is 4.80 Å². The molecular formula is C14H12BrN3. The number of rotatable bonds is 2. The second-order valence-corrected chi connectivity index (χ2v) is 5.06. The van der Waals surface area contributed by atoms with Crippen LogP contribution in [0.15, 0.2) is 46.9 Å². The Morgan fingerprint density at radius 1 is 1.00 bits per heavy atom. The first kappa shape index (κ1) is 11.4. The molecule has 0 amide bonds. The summed E-state index contributed by atoms with van der Waals surface area (Å²) in [5.74, 6) is 0. The molecule has 0 aliphatic heterocycles. The molecule has 3 aromatic rings. The zero-order chi connectivity index (χ0) is 12.5. The van der Waals surface area contributed by atoms with Crippen molar-refractivity contribution in [3.63, 3.8) is 0 Å². The van der Waals surface area contributed by atoms with Crippen molar-refractivity contribution < 1.29 is 0 Å². The smallest absolute Gasteiger partial charge is 0.114 e. The van der Waals surface area contributed by atoms with Gasteiger partial charge in [-0.25, -0.2) is 0 Å². The molecule has 0 atom stereocenters. The molecular weight excluding hydrogens is 290 g/mol. The van der Waals surface area contributed by atoms with Crippen molar-refractivity contribution in [2.45, 2.75) is 13.3 Å². The van der Waals surface area contributed by atoms with Crippen LogP contribution in [0.1, 0.15) is 12.5 Å². The lowest BCUT2D eigenvalue weighted by Crippen LogP contribution is -1.98. The first-order chi connectivity index (χ1) is 8.76. The van der Waals surface area contributed by atoms with Gasteiger partial charge in [-0.1, -0.05) is 35.0 Å². The van der Waals surface area contributed by atoms with Gasteiger partial charge in [-0.05, 0) is 42.3 Å². The molecule has 1 heterocycles. The van der Waals surface area contributed by atoms with E-state index in [0.717, 1.165) is 27.6 Å². The van der Waals surface area contributed by atoms with Gasteiger partial charge in [0.05, 0.1) is 5.69 Å². The van der Waals surface area contributed by atoms with Gasteiger partial charge in [0.25, 0.3) is 0 Å². The third-order valence-electron chi connectivity index (χ3n) is 2.92. The van der Waals surface area contributed by atoms with Crippen molar-refractivity contribution in [1.82, 2.24) is 15.0 Å². The van der Waals surface area contributed by atoms with E-state index in [1.807, 2.05) is 30.3 Å². The van der Waals surface area contributed by atoms with Gasteiger partial charge in [-0.3, -0.25) is 0 Å². The molecule has 1 aromatic heterocycles. The van der Waals surface area contributed by atoms with Crippen molar-refractivity contribution in [2.24, 2.45) is 0 Å². The zero-order valence-electron chi connectivity index (χ0n) is 9.97. The van der Waals surface area contributed by atoms with Gasteiger partial charge >= 0.3 is 0 Å². The average molecular weight is 302 g/mol. The highest BCUT2D eigenvalue weighted by Crippen LogP contribution is 2.18. The SMILES string of the molecule is CCc1ccc(-n2nc3ccc(Br)cc3n2)cc1. The van der Waals surface area contributed by atoms with Crippen LogP contribution < -0.4 is 0 Å². The van der Waals surface area contributed by atoms with Gasteiger partial charge in [-0.15, -0.1) is 10.2 Å². The fourth-order valence-corrected chi connectivity index (χ4v) is 2.22. The number of fused-ring (bicyclic) bond motifs is 1. The molecule has 0 saturated heterocycles. The number of aryl methyl sites for hydroxylation is 1. The maximum Gasteiger partial charge on any atom is 0.114 e. The predicted molar refractivity (Wildman–Crippen MR) is 75.9 cm³/mol. The highest BCUT2D eigenvalue weighted by Gasteiger charge is 2.04. The molecule has 0 aliphatic rings. The maximum atomic E-state index is 4.47. The number of hydrogen-bond acceptors (Lipinski definition) is 2. The van der Waals surface area contributed by atoms with Crippen molar-refractivity contribution in [3.05, 3.63) is 52.5 Å². The molecule has 0 spiro atoms. The Balaban J connectivity index is 2.07. The molecule has 0 saturated carbocycles. The van der Waals surface area contributed by atoms with Gasteiger partial charge in [0, 0.05) is 4.47 Å². The fourth-order valence-electron chi connectivity index (χ4n) is 1.87. The van der Waals surface area contributed by atoms with Crippen molar-refractivity contribution in [1.29, 1.82) is 0 Å². The van der Waals surface area contributed by atoms with Crippen LogP contribution in [0.2, 0.25) is 0 Å². The minimum atomic E-state index is 0.893. The topological polar surface area (TPSA) is 30.7 Å². The van der Waals surface area contributed by atoms with E-state index in [-0.39, 0.29) is 0 Å². The molecule has 90 valence electrons. The third kappa shape index (κ3) is 2.04. The summed E-state index contributed by atoms with van der Waals surface area (Å²) < 4.78 is 1.02. The average Bonchev–Trinajstić information content (AvgIpc) is 2.81. The number of nitrogens with zero attached hydrogens (tertiary/aromatic N) is 3. The van der Waals surface area contributed by atoms with Gasteiger partial charge < -0.3 is 0 Å². The van der Waals surface area contributed by atoms with E-state index in [2.05, 4.69) is 45.2 Å². The minimum absolute atomic E-state index is 0.893. The van der Waals surface area contributed by atoms with Crippen LogP contribution in [-0.2, 0) is 6.42 Å². The zero-order valence-corrected chi connectivity index (χ0v) is 11.6. The molecule has 0 aliphatic carbocycles. The molecule has 0 N–H and O–H groups in total. The van der Waals surface area contributed by atoms with E-state index in [9.17, 15) is 0 Å². The summed E-state index contributed by atoms with van der Waals surface area (Å²) in [6, 6.07) is 14.2. The molecule has 3 rings (SSSR count). The number of benzene rings is 2. The summed E-state index contributed by atoms with van der Waals surface area (Å²) in [5, 5.41) is 8.94. The Bertz CT molecular complexity index is 686. The van der Waals surface area contributed by atoms with Crippen LogP contribution in [-0.4, -0.2) is 15.0 Å². The molecule has 3 nitrogen and oxygen atoms in total. The van der Waals surface area contributed by atoms with Crippen LogP contribution >= 0.6 is 15.9 Å². The standard InChI is InChI=1S/C14H12BrN3/c1-2-10-3-6-12(7-4-10)18-16-13-8-5-11(15)9-14(13)17-18/h3-9H,2H2,1H3. The second-order valence-electron chi connectivity index (χ2n) is 4.14. The van der Waals surface area contributed by atoms with Gasteiger partial charge in [0.2, 0.25) is 0 Å². The number of hydrogen-bond donors (Lipinski definition) is 0. The highest BCUT2D eigenvalue weighted by atomic mass is 79.9. The lowest BCUT2D eigenvalue weighted by Gasteiger charge is -2.00. The quantitative estimate of drug-likeness (QED) is 0.722. The van der Waals surface area contributed by atoms with Crippen LogP contribution in [0.3, 0.4) is 0 Å². The van der Waals surface area contributed by atoms with Gasteiger partial charge in [0.1, 0.15) is 11.0 Å². The molecule has 0 unspecified atom stereocenters. The van der Waals surface area contributed by atoms with Crippen molar-refractivity contribution in [2.75, 3.05) is 0 Å². The van der Waals surface area contributed by atoms with E-state index in [0.29, 0.717) is 0 Å². The number of halogens is 1. The van der Waals surface area contributed by atoms with Crippen molar-refractivity contribution >= 4 is 27.0 Å². The lowest BCUT2D eigenvalue weighted by molar-refractivity contribution is 0.765. The third-order valence-corrected chi connectivity index (χ3v) is 3.41. The second kappa shape index (κ2) is 4.53. The van der Waals surface area contributed by atoms with Crippen LogP contribution in [0.25, 0.3) is 16.7 Å². The predicted octanol–water partition coefficient (Wildman–Crippen LogP) is 3.75. The summed E-state index contributed by atoms with van der Waals surface area (Å²) in [7, 11) is 0. The first-order valence-corrected chi connectivity index (χ1v) is 6.67. The summed E-state index contributed by atoms with van der Waals surface area (Å²) in [6.45, 7) is 2.15. The van der Waals surface area contributed by atoms with E-state index in [1.165, 1.54) is 5.56 Å². The summed E-state index contributed by atoms with van der Waals surface area (Å²) in [5.41, 5.74) is 4.10. The van der Waals surface area contributed by atoms with Gasteiger partial charge in [0.15, 0.2) is 0 Å². The Morgan fingerprint density at radius 3 is 2.44 bits per heavy atom. The monoisotopic (exact) mass is 301 g/mol. The van der Waals surface area contributed by atoms with Crippen molar-refractivity contribution in [3.8, 4) is 5.69 Å². The lowest BCUT2D eigenvalue weighted by atomic mass is 10.2. The molecule has 4 heteroatoms. The number of aromatic nitrogens is 3. The molecule has 2 aromatic carbocycles. The molecule has 0 radical (unpaired) electrons. The molecule has 18 heavy (non-hydrogen) atoms. The largest absolute Gasteiger partial charge is 0.150 e.